The average molecular weight is 1140 g/mol. The molecule has 0 radical (unpaired) electrons. The first-order valence-electron chi connectivity index (χ1n) is 32.7. The van der Waals surface area contributed by atoms with Crippen molar-refractivity contribution in [3.05, 3.63) is 146 Å². The first-order chi connectivity index (χ1) is 39.5. The Kier molecular flexibility index (Phi) is 58.2. The number of hydrogen-bond donors (Lipinski definition) is 3. The standard InChI is InChI=1S/C72H123N2O6P/c1-6-8-10-12-14-16-18-20-22-24-26-28-30-32-34-35-36-37-38-39-40-42-44-46-48-50-52-54-56-58-60-62-64-66-72(76)73-70(69-80-81(77,78)79-68-67-74(3,4)5)71(75)65-63-61-59-57-55-53-51-49-47-45-43-41-33-31-29-27-25-23-21-19-17-15-13-11-9-7-2/h8,10,14,16,20,22,26,28,32,34,36-37,39-40,44,46,50,52,55-58,63,65,70-71,75H,6-7,9,11-13,15,17-19,21,23-25,27,29-31,33,35,38,41-43,45,47-49,51,53-54,59-62,64,66-69H2,1-5H3,(H-,73,76,77,78)/p+1/b10-8-,16-14-,22-20-,28-26-,34-32-,37-36-,40-39-,46-44-,52-50-,57-55+,58-56-,65-63+. The molecule has 8 nitrogen and oxygen atoms in total. The molecule has 0 rings (SSSR count). The molecular weight excluding hydrogens is 1020 g/mol. The number of likely N-dealkylation sites (N-methyl/N-ethyl adjacent to an activating group) is 1. The molecular formula is C72H124N2O6P+. The third-order valence-corrected chi connectivity index (χ3v) is 14.8. The van der Waals surface area contributed by atoms with Crippen LogP contribution in [0.4, 0.5) is 0 Å². The van der Waals surface area contributed by atoms with E-state index < -0.39 is 20.0 Å². The maximum atomic E-state index is 13.0. The number of rotatable bonds is 58. The molecule has 1 amide bonds. The summed E-state index contributed by atoms with van der Waals surface area (Å²) in [6, 6.07) is -0.900. The van der Waals surface area contributed by atoms with Gasteiger partial charge in [-0.3, -0.25) is 13.8 Å². The van der Waals surface area contributed by atoms with Crippen molar-refractivity contribution in [2.75, 3.05) is 40.9 Å². The molecule has 0 heterocycles. The number of carbonyl (C=O) groups is 1. The van der Waals surface area contributed by atoms with Crippen LogP contribution in [-0.4, -0.2) is 73.4 Å². The van der Waals surface area contributed by atoms with E-state index in [1.807, 2.05) is 27.2 Å². The minimum atomic E-state index is -4.38. The molecule has 0 fully saturated rings. The average Bonchev–Trinajstić information content (AvgIpc) is 3.43. The Morgan fingerprint density at radius 3 is 1.14 bits per heavy atom. The predicted molar refractivity (Wildman–Crippen MR) is 354 cm³/mol. The SMILES string of the molecule is CC/C=C\C/C=C\C/C=C\C/C=C\C/C=C\C/C=C\C/C=C\C/C=C\C/C=C\C/C=C\CCCCC(=O)NC(COP(=O)(O)OCC[N+](C)(C)C)C(O)/C=C/CC/C=C/CCCCCCCCCCCCCCCCCCCCCC. The van der Waals surface area contributed by atoms with Gasteiger partial charge in [0, 0.05) is 6.42 Å². The van der Waals surface area contributed by atoms with Gasteiger partial charge in [-0.05, 0) is 109 Å². The number of amides is 1. The molecule has 462 valence electrons. The number of nitrogens with one attached hydrogen (secondary N) is 1. The van der Waals surface area contributed by atoms with E-state index in [2.05, 4.69) is 153 Å². The lowest BCUT2D eigenvalue weighted by molar-refractivity contribution is -0.870. The maximum absolute atomic E-state index is 13.0. The van der Waals surface area contributed by atoms with Crippen LogP contribution >= 0.6 is 7.82 Å². The second kappa shape index (κ2) is 61.0. The number of nitrogens with zero attached hydrogens (tertiary/aromatic N) is 1. The van der Waals surface area contributed by atoms with Crippen LogP contribution < -0.4 is 5.32 Å². The molecule has 0 aliphatic carbocycles. The van der Waals surface area contributed by atoms with Crippen LogP contribution in [0, 0.1) is 0 Å². The topological polar surface area (TPSA) is 105 Å². The fourth-order valence-corrected chi connectivity index (χ4v) is 9.47. The van der Waals surface area contributed by atoms with Crippen molar-refractivity contribution in [3.8, 4) is 0 Å². The fraction of sp³-hybridized carbons (Fsp3) is 0.653. The number of hydrogen-bond acceptors (Lipinski definition) is 5. The zero-order valence-corrected chi connectivity index (χ0v) is 53.6. The highest BCUT2D eigenvalue weighted by molar-refractivity contribution is 7.47. The molecule has 0 aliphatic heterocycles. The zero-order chi connectivity index (χ0) is 59.1. The Morgan fingerprint density at radius 2 is 0.753 bits per heavy atom. The van der Waals surface area contributed by atoms with Crippen LogP contribution in [0.3, 0.4) is 0 Å². The van der Waals surface area contributed by atoms with Crippen molar-refractivity contribution >= 4 is 13.7 Å². The number of aliphatic hydroxyl groups excluding tert-OH is 1. The maximum Gasteiger partial charge on any atom is 0.472 e. The smallest absolute Gasteiger partial charge is 0.387 e. The molecule has 0 saturated carbocycles. The number of allylic oxidation sites excluding steroid dienone is 23. The van der Waals surface area contributed by atoms with Crippen molar-refractivity contribution < 1.29 is 32.9 Å². The van der Waals surface area contributed by atoms with E-state index in [4.69, 9.17) is 9.05 Å². The highest BCUT2D eigenvalue weighted by Crippen LogP contribution is 2.43. The second-order valence-corrected chi connectivity index (χ2v) is 24.2. The molecule has 0 aromatic rings. The Bertz CT molecular complexity index is 1830. The molecule has 3 atom stereocenters. The van der Waals surface area contributed by atoms with Crippen LogP contribution in [-0.2, 0) is 18.4 Å². The lowest BCUT2D eigenvalue weighted by atomic mass is 10.0. The Morgan fingerprint density at radius 1 is 0.432 bits per heavy atom. The monoisotopic (exact) mass is 1140 g/mol. The van der Waals surface area contributed by atoms with E-state index in [1.165, 1.54) is 128 Å². The van der Waals surface area contributed by atoms with Crippen LogP contribution in [0.2, 0.25) is 0 Å². The van der Waals surface area contributed by atoms with Gasteiger partial charge in [-0.15, -0.1) is 0 Å². The van der Waals surface area contributed by atoms with Crippen molar-refractivity contribution in [1.29, 1.82) is 0 Å². The molecule has 81 heavy (non-hydrogen) atoms. The van der Waals surface area contributed by atoms with Crippen molar-refractivity contribution in [3.63, 3.8) is 0 Å². The van der Waals surface area contributed by atoms with Crippen LogP contribution in [0.15, 0.2) is 146 Å². The summed E-state index contributed by atoms with van der Waals surface area (Å²) in [5, 5.41) is 13.9. The van der Waals surface area contributed by atoms with Gasteiger partial charge in [0.05, 0.1) is 39.9 Å². The van der Waals surface area contributed by atoms with E-state index in [-0.39, 0.29) is 25.5 Å². The van der Waals surface area contributed by atoms with Crippen molar-refractivity contribution in [2.45, 2.75) is 264 Å². The Balaban J connectivity index is 4.32. The first kappa shape index (κ1) is 77.4. The number of quaternary nitrogens is 1. The normalized spacial score (nSPS) is 14.7. The minimum absolute atomic E-state index is 0.0394. The van der Waals surface area contributed by atoms with E-state index >= 15 is 0 Å². The zero-order valence-electron chi connectivity index (χ0n) is 52.7. The van der Waals surface area contributed by atoms with Gasteiger partial charge in [-0.1, -0.05) is 282 Å². The highest BCUT2D eigenvalue weighted by Gasteiger charge is 2.27. The third kappa shape index (κ3) is 63.8. The molecule has 0 aliphatic rings. The molecule has 0 spiro atoms. The lowest BCUT2D eigenvalue weighted by Gasteiger charge is -2.25. The fourth-order valence-electron chi connectivity index (χ4n) is 8.73. The summed E-state index contributed by atoms with van der Waals surface area (Å²) in [5.41, 5.74) is 0. The third-order valence-electron chi connectivity index (χ3n) is 13.8. The van der Waals surface area contributed by atoms with Gasteiger partial charge in [0.1, 0.15) is 13.2 Å². The van der Waals surface area contributed by atoms with E-state index in [1.54, 1.807) is 6.08 Å². The first-order valence-corrected chi connectivity index (χ1v) is 34.2. The number of unbranched alkanes of at least 4 members (excludes halogenated alkanes) is 23. The van der Waals surface area contributed by atoms with Crippen LogP contribution in [0.25, 0.3) is 0 Å². The largest absolute Gasteiger partial charge is 0.472 e. The van der Waals surface area contributed by atoms with Crippen molar-refractivity contribution in [2.24, 2.45) is 0 Å². The molecule has 3 N–H and O–H groups in total. The summed E-state index contributed by atoms with van der Waals surface area (Å²) in [6.07, 6.45) is 94.1. The number of carbonyl (C=O) groups excluding carboxylic acids is 1. The van der Waals surface area contributed by atoms with Gasteiger partial charge in [0.2, 0.25) is 5.91 Å². The quantitative estimate of drug-likeness (QED) is 0.0243. The van der Waals surface area contributed by atoms with E-state index in [0.29, 0.717) is 17.4 Å². The summed E-state index contributed by atoms with van der Waals surface area (Å²) in [5.74, 6) is -0.233. The Hall–Kier alpha value is -3.62. The number of phosphoric acid groups is 1. The lowest BCUT2D eigenvalue weighted by Crippen LogP contribution is -2.45. The van der Waals surface area contributed by atoms with Gasteiger partial charge in [0.25, 0.3) is 0 Å². The van der Waals surface area contributed by atoms with Gasteiger partial charge >= 0.3 is 7.82 Å². The highest BCUT2D eigenvalue weighted by atomic mass is 31.2. The van der Waals surface area contributed by atoms with Gasteiger partial charge in [-0.2, -0.15) is 0 Å². The molecule has 3 unspecified atom stereocenters. The van der Waals surface area contributed by atoms with Gasteiger partial charge < -0.3 is 19.8 Å². The predicted octanol–water partition coefficient (Wildman–Crippen LogP) is 20.8. The molecule has 0 bridgehead atoms. The summed E-state index contributed by atoms with van der Waals surface area (Å²) in [4.78, 5) is 23.4. The molecule has 0 aromatic carbocycles. The van der Waals surface area contributed by atoms with Crippen LogP contribution in [0.5, 0.6) is 0 Å². The summed E-state index contributed by atoms with van der Waals surface area (Å²) in [7, 11) is 1.51. The summed E-state index contributed by atoms with van der Waals surface area (Å²) in [6.45, 7) is 4.65. The van der Waals surface area contributed by atoms with E-state index in [0.717, 1.165) is 96.3 Å². The van der Waals surface area contributed by atoms with Gasteiger partial charge in [0.15, 0.2) is 0 Å². The minimum Gasteiger partial charge on any atom is -0.387 e. The summed E-state index contributed by atoms with van der Waals surface area (Å²) >= 11 is 0. The molecule has 9 heteroatoms. The van der Waals surface area contributed by atoms with Crippen LogP contribution in [0.1, 0.15) is 251 Å². The second-order valence-electron chi connectivity index (χ2n) is 22.7. The number of aliphatic hydroxyl groups is 1. The summed E-state index contributed by atoms with van der Waals surface area (Å²) < 4.78 is 23.7. The molecule has 0 saturated heterocycles. The van der Waals surface area contributed by atoms with E-state index in [9.17, 15) is 19.4 Å². The Labute approximate surface area is 499 Å². The van der Waals surface area contributed by atoms with Crippen molar-refractivity contribution in [1.82, 2.24) is 5.32 Å². The number of phosphoric ester groups is 1. The molecule has 0 aromatic heterocycles. The van der Waals surface area contributed by atoms with Gasteiger partial charge in [-0.25, -0.2) is 4.57 Å².